The van der Waals surface area contributed by atoms with E-state index in [2.05, 4.69) is 22.5 Å². The van der Waals surface area contributed by atoms with Crippen LogP contribution in [-0.4, -0.2) is 27.6 Å². The predicted octanol–water partition coefficient (Wildman–Crippen LogP) is 4.29. The van der Waals surface area contributed by atoms with Gasteiger partial charge in [-0.1, -0.05) is 42.0 Å². The fourth-order valence-electron chi connectivity index (χ4n) is 3.30. The number of fused-ring (bicyclic) bond motifs is 1. The Kier molecular flexibility index (Phi) is 6.58. The molecule has 3 rings (SSSR count). The van der Waals surface area contributed by atoms with Crippen LogP contribution < -0.4 is 5.32 Å². The lowest BCUT2D eigenvalue weighted by Gasteiger charge is -2.14. The van der Waals surface area contributed by atoms with E-state index in [4.69, 9.17) is 0 Å². The lowest BCUT2D eigenvalue weighted by molar-refractivity contribution is -0.121. The molecule has 5 nitrogen and oxygen atoms in total. The minimum atomic E-state index is -0.0798. The molecule has 1 atom stereocenters. The number of nitrogens with one attached hydrogen (secondary N) is 1. The number of benzene rings is 2. The lowest BCUT2D eigenvalue weighted by Crippen LogP contribution is -2.32. The zero-order valence-electron chi connectivity index (χ0n) is 16.5. The smallest absolute Gasteiger partial charge is 0.247 e. The van der Waals surface area contributed by atoms with Gasteiger partial charge >= 0.3 is 0 Å². The van der Waals surface area contributed by atoms with Crippen LogP contribution in [0.5, 0.6) is 0 Å². The number of aromatic nitrogens is 2. The zero-order valence-corrected chi connectivity index (χ0v) is 16.5. The van der Waals surface area contributed by atoms with Crippen molar-refractivity contribution in [3.8, 4) is 0 Å². The molecular formula is C23H27N3O2. The van der Waals surface area contributed by atoms with Crippen LogP contribution in [0.2, 0.25) is 0 Å². The van der Waals surface area contributed by atoms with E-state index in [1.165, 1.54) is 10.2 Å². The molecule has 0 radical (unpaired) electrons. The zero-order chi connectivity index (χ0) is 19.9. The maximum atomic E-state index is 12.4. The van der Waals surface area contributed by atoms with Gasteiger partial charge in [0.1, 0.15) is 0 Å². The van der Waals surface area contributed by atoms with Gasteiger partial charge in [0.05, 0.1) is 11.7 Å². The van der Waals surface area contributed by atoms with Crippen LogP contribution >= 0.6 is 0 Å². The molecule has 0 saturated carbocycles. The molecule has 2 aromatic carbocycles. The first kappa shape index (κ1) is 19.8. The third-order valence-electron chi connectivity index (χ3n) is 4.87. The highest BCUT2D eigenvalue weighted by atomic mass is 16.2. The molecule has 0 saturated heterocycles. The van der Waals surface area contributed by atoms with Crippen molar-refractivity contribution >= 4 is 22.7 Å². The Bertz CT molecular complexity index is 947. The molecule has 3 aromatic rings. The van der Waals surface area contributed by atoms with Gasteiger partial charge in [-0.3, -0.25) is 9.59 Å². The van der Waals surface area contributed by atoms with E-state index < -0.39 is 0 Å². The molecule has 146 valence electrons. The fourth-order valence-corrected chi connectivity index (χ4v) is 3.30. The van der Waals surface area contributed by atoms with E-state index in [0.29, 0.717) is 19.3 Å². The molecule has 0 spiro atoms. The highest BCUT2D eigenvalue weighted by Gasteiger charge is 2.12. The van der Waals surface area contributed by atoms with E-state index in [1.54, 1.807) is 6.20 Å². The van der Waals surface area contributed by atoms with Crippen LogP contribution in [0.15, 0.2) is 54.7 Å². The fraction of sp³-hybridized carbons (Fsp3) is 0.348. The first-order valence-corrected chi connectivity index (χ1v) is 9.84. The first-order valence-electron chi connectivity index (χ1n) is 9.84. The van der Waals surface area contributed by atoms with Crippen molar-refractivity contribution in [2.24, 2.45) is 0 Å². The summed E-state index contributed by atoms with van der Waals surface area (Å²) in [6.07, 6.45) is 4.71. The molecule has 0 fully saturated rings. The first-order chi connectivity index (χ1) is 13.5. The second-order valence-corrected chi connectivity index (χ2v) is 7.36. The van der Waals surface area contributed by atoms with Crippen LogP contribution in [0.1, 0.15) is 48.5 Å². The van der Waals surface area contributed by atoms with Crippen molar-refractivity contribution in [3.05, 3.63) is 65.9 Å². The predicted molar refractivity (Wildman–Crippen MR) is 111 cm³/mol. The number of nitrogens with zero attached hydrogens (tertiary/aromatic N) is 2. The highest BCUT2D eigenvalue weighted by Crippen LogP contribution is 2.16. The normalized spacial score (nSPS) is 12.1. The summed E-state index contributed by atoms with van der Waals surface area (Å²) in [6.45, 7) is 4.03. The Morgan fingerprint density at radius 3 is 2.68 bits per heavy atom. The summed E-state index contributed by atoms with van der Waals surface area (Å²) in [4.78, 5) is 24.6. The van der Waals surface area contributed by atoms with Crippen molar-refractivity contribution in [2.45, 2.75) is 52.0 Å². The number of hydrogen-bond donors (Lipinski definition) is 1. The average Bonchev–Trinajstić information content (AvgIpc) is 3.10. The van der Waals surface area contributed by atoms with Crippen molar-refractivity contribution in [2.75, 3.05) is 0 Å². The summed E-state index contributed by atoms with van der Waals surface area (Å²) < 4.78 is 1.44. The molecule has 0 aliphatic rings. The van der Waals surface area contributed by atoms with Crippen LogP contribution in [0.3, 0.4) is 0 Å². The molecule has 1 amide bonds. The largest absolute Gasteiger partial charge is 0.354 e. The number of amides is 1. The minimum absolute atomic E-state index is 0.00527. The van der Waals surface area contributed by atoms with Crippen molar-refractivity contribution in [1.82, 2.24) is 15.1 Å². The summed E-state index contributed by atoms with van der Waals surface area (Å²) in [5, 5.41) is 8.18. The van der Waals surface area contributed by atoms with E-state index in [0.717, 1.165) is 29.3 Å². The van der Waals surface area contributed by atoms with Gasteiger partial charge in [-0.2, -0.15) is 5.10 Å². The highest BCUT2D eigenvalue weighted by molar-refractivity contribution is 5.91. The molecule has 28 heavy (non-hydrogen) atoms. The third-order valence-corrected chi connectivity index (χ3v) is 4.87. The van der Waals surface area contributed by atoms with E-state index in [1.807, 2.05) is 50.2 Å². The van der Waals surface area contributed by atoms with Crippen LogP contribution in [-0.2, 0) is 11.2 Å². The molecule has 1 heterocycles. The Morgan fingerprint density at radius 1 is 1.11 bits per heavy atom. The Morgan fingerprint density at radius 2 is 1.89 bits per heavy atom. The second kappa shape index (κ2) is 9.31. The number of carbonyl (C=O) groups is 2. The summed E-state index contributed by atoms with van der Waals surface area (Å²) in [5.74, 6) is -0.0851. The van der Waals surface area contributed by atoms with Crippen molar-refractivity contribution in [1.29, 1.82) is 0 Å². The van der Waals surface area contributed by atoms with Gasteiger partial charge in [0.25, 0.3) is 0 Å². The maximum absolute atomic E-state index is 12.4. The van der Waals surface area contributed by atoms with Gasteiger partial charge in [-0.05, 0) is 50.8 Å². The van der Waals surface area contributed by atoms with Gasteiger partial charge in [0, 0.05) is 24.3 Å². The molecule has 0 aliphatic heterocycles. The number of hydrogen-bond acceptors (Lipinski definition) is 3. The summed E-state index contributed by atoms with van der Waals surface area (Å²) >= 11 is 0. The molecule has 1 aromatic heterocycles. The lowest BCUT2D eigenvalue weighted by atomic mass is 10.1. The number of rotatable bonds is 8. The van der Waals surface area contributed by atoms with Gasteiger partial charge in [-0.25, -0.2) is 4.68 Å². The number of carbonyl (C=O) groups excluding carboxylic acids is 2. The van der Waals surface area contributed by atoms with Crippen molar-refractivity contribution in [3.63, 3.8) is 0 Å². The number of aryl methyl sites for hydroxylation is 2. The summed E-state index contributed by atoms with van der Waals surface area (Å²) in [7, 11) is 0. The summed E-state index contributed by atoms with van der Waals surface area (Å²) in [5.41, 5.74) is 3.22. The molecule has 1 N–H and O–H groups in total. The third kappa shape index (κ3) is 5.28. The van der Waals surface area contributed by atoms with E-state index in [-0.39, 0.29) is 17.9 Å². The summed E-state index contributed by atoms with van der Waals surface area (Å²) in [6, 6.07) is 16.3. The quantitative estimate of drug-likeness (QED) is 0.637. The van der Waals surface area contributed by atoms with Gasteiger partial charge < -0.3 is 5.32 Å². The average molecular weight is 377 g/mol. The SMILES string of the molecule is Cc1ccc2c(cnn2C(=O)CCCC(=O)NC(C)CCc2ccccc2)c1. The van der Waals surface area contributed by atoms with Crippen molar-refractivity contribution < 1.29 is 9.59 Å². The van der Waals surface area contributed by atoms with Gasteiger partial charge in [0.2, 0.25) is 11.8 Å². The molecular weight excluding hydrogens is 350 g/mol. The molecule has 1 unspecified atom stereocenters. The second-order valence-electron chi connectivity index (χ2n) is 7.36. The van der Waals surface area contributed by atoms with Crippen LogP contribution in [0, 0.1) is 6.92 Å². The van der Waals surface area contributed by atoms with E-state index >= 15 is 0 Å². The topological polar surface area (TPSA) is 64.0 Å². The Hall–Kier alpha value is -2.95. The Labute approximate surface area is 165 Å². The van der Waals surface area contributed by atoms with E-state index in [9.17, 15) is 9.59 Å². The van der Waals surface area contributed by atoms with Gasteiger partial charge in [-0.15, -0.1) is 0 Å². The molecule has 0 aliphatic carbocycles. The maximum Gasteiger partial charge on any atom is 0.247 e. The standard InChI is InChI=1S/C23H27N3O2/c1-17-11-14-21-20(15-17)16-24-26(21)23(28)10-6-9-22(27)25-18(2)12-13-19-7-4-3-5-8-19/h3-5,7-8,11,14-16,18H,6,9-10,12-13H2,1-2H3,(H,25,27). The Balaban J connectivity index is 1.41. The molecule has 5 heteroatoms. The monoisotopic (exact) mass is 377 g/mol. The van der Waals surface area contributed by atoms with Crippen LogP contribution in [0.25, 0.3) is 10.9 Å². The molecule has 0 bridgehead atoms. The minimum Gasteiger partial charge on any atom is -0.354 e. The van der Waals surface area contributed by atoms with Crippen LogP contribution in [0.4, 0.5) is 0 Å². The van der Waals surface area contributed by atoms with Gasteiger partial charge in [0.15, 0.2) is 0 Å².